The smallest absolute Gasteiger partial charge is 0.206 e. The van der Waals surface area contributed by atoms with Gasteiger partial charge in [-0.3, -0.25) is 9.98 Å². The Morgan fingerprint density at radius 2 is 2.04 bits per heavy atom. The van der Waals surface area contributed by atoms with Crippen molar-refractivity contribution < 1.29 is 0 Å². The van der Waals surface area contributed by atoms with Crippen LogP contribution in [0.25, 0.3) is 11.3 Å². The van der Waals surface area contributed by atoms with Gasteiger partial charge in [-0.25, -0.2) is 4.68 Å². The Morgan fingerprint density at radius 1 is 1.22 bits per heavy atom. The topological polar surface area (TPSA) is 42.5 Å². The summed E-state index contributed by atoms with van der Waals surface area (Å²) in [6, 6.07) is 13.9. The van der Waals surface area contributed by atoms with Crippen LogP contribution in [0.15, 0.2) is 68.6 Å². The van der Waals surface area contributed by atoms with Crippen molar-refractivity contribution in [1.82, 2.24) is 9.66 Å². The summed E-state index contributed by atoms with van der Waals surface area (Å²) >= 11 is 5.05. The summed E-state index contributed by atoms with van der Waals surface area (Å²) in [6.45, 7) is 2.74. The van der Waals surface area contributed by atoms with Crippen LogP contribution in [0.2, 0.25) is 0 Å². The number of hydrogen-bond acceptors (Lipinski definition) is 4. The van der Waals surface area contributed by atoms with Gasteiger partial charge in [-0.05, 0) is 31.2 Å². The SMILES string of the molecule is CCN=c1scc(-c2ccc(Br)cc2)n1/N=C\c1ccccn1. The molecule has 0 unspecified atom stereocenters. The molecule has 0 N–H and O–H groups in total. The zero-order valence-electron chi connectivity index (χ0n) is 12.6. The Bertz CT molecular complexity index is 864. The van der Waals surface area contributed by atoms with E-state index in [4.69, 9.17) is 0 Å². The van der Waals surface area contributed by atoms with Crippen LogP contribution in [0.4, 0.5) is 0 Å². The number of thiazole rings is 1. The van der Waals surface area contributed by atoms with E-state index < -0.39 is 0 Å². The van der Waals surface area contributed by atoms with Gasteiger partial charge in [0.15, 0.2) is 0 Å². The van der Waals surface area contributed by atoms with Crippen LogP contribution in [0.3, 0.4) is 0 Å². The summed E-state index contributed by atoms with van der Waals surface area (Å²) in [5.74, 6) is 0. The summed E-state index contributed by atoms with van der Waals surface area (Å²) in [5.41, 5.74) is 2.93. The maximum Gasteiger partial charge on any atom is 0.206 e. The molecule has 2 heterocycles. The monoisotopic (exact) mass is 386 g/mol. The third kappa shape index (κ3) is 3.83. The predicted octanol–water partition coefficient (Wildman–Crippen LogP) is 4.18. The summed E-state index contributed by atoms with van der Waals surface area (Å²) < 4.78 is 2.92. The van der Waals surface area contributed by atoms with Gasteiger partial charge in [-0.2, -0.15) is 5.10 Å². The highest BCUT2D eigenvalue weighted by Crippen LogP contribution is 2.22. The minimum atomic E-state index is 0.722. The molecule has 0 amide bonds. The van der Waals surface area contributed by atoms with Gasteiger partial charge in [0.25, 0.3) is 0 Å². The fourth-order valence-corrected chi connectivity index (χ4v) is 3.21. The lowest BCUT2D eigenvalue weighted by Crippen LogP contribution is -2.12. The Labute approximate surface area is 147 Å². The van der Waals surface area contributed by atoms with E-state index in [1.807, 2.05) is 41.9 Å². The summed E-state index contributed by atoms with van der Waals surface area (Å²) in [4.78, 5) is 9.67. The first kappa shape index (κ1) is 15.8. The molecule has 3 aromatic rings. The van der Waals surface area contributed by atoms with E-state index in [0.29, 0.717) is 0 Å². The van der Waals surface area contributed by atoms with Crippen molar-refractivity contribution in [2.45, 2.75) is 6.92 Å². The molecule has 0 saturated carbocycles. The van der Waals surface area contributed by atoms with Crippen LogP contribution in [0, 0.1) is 0 Å². The molecule has 1 aromatic carbocycles. The highest BCUT2D eigenvalue weighted by atomic mass is 79.9. The molecule has 0 aliphatic rings. The van der Waals surface area contributed by atoms with Gasteiger partial charge in [0.1, 0.15) is 0 Å². The quantitative estimate of drug-likeness (QED) is 0.620. The molecule has 0 atom stereocenters. The largest absolute Gasteiger partial charge is 0.258 e. The highest BCUT2D eigenvalue weighted by Gasteiger charge is 2.07. The Morgan fingerprint density at radius 3 is 2.74 bits per heavy atom. The van der Waals surface area contributed by atoms with E-state index in [9.17, 15) is 0 Å². The molecule has 2 aromatic heterocycles. The number of hydrogen-bond donors (Lipinski definition) is 0. The van der Waals surface area contributed by atoms with E-state index in [1.54, 1.807) is 23.7 Å². The van der Waals surface area contributed by atoms with Gasteiger partial charge in [0, 0.05) is 28.2 Å². The third-order valence-corrected chi connectivity index (χ3v) is 4.49. The maximum atomic E-state index is 4.59. The van der Waals surface area contributed by atoms with E-state index >= 15 is 0 Å². The fourth-order valence-electron chi connectivity index (χ4n) is 2.04. The molecular weight excluding hydrogens is 372 g/mol. The van der Waals surface area contributed by atoms with Crippen LogP contribution in [-0.2, 0) is 0 Å². The second kappa shape index (κ2) is 7.48. The number of halogens is 1. The van der Waals surface area contributed by atoms with E-state index in [1.165, 1.54) is 0 Å². The van der Waals surface area contributed by atoms with Crippen molar-refractivity contribution in [1.29, 1.82) is 0 Å². The van der Waals surface area contributed by atoms with Gasteiger partial charge in [0.2, 0.25) is 4.80 Å². The lowest BCUT2D eigenvalue weighted by molar-refractivity contribution is 0.832. The molecule has 0 bridgehead atoms. The first-order valence-corrected chi connectivity index (χ1v) is 8.87. The molecule has 0 aliphatic carbocycles. The van der Waals surface area contributed by atoms with Gasteiger partial charge >= 0.3 is 0 Å². The van der Waals surface area contributed by atoms with Crippen LogP contribution in [-0.4, -0.2) is 22.4 Å². The Hall–Kier alpha value is -2.05. The Kier molecular flexibility index (Phi) is 5.15. The lowest BCUT2D eigenvalue weighted by Gasteiger charge is -2.03. The minimum absolute atomic E-state index is 0.722. The van der Waals surface area contributed by atoms with Crippen molar-refractivity contribution in [3.8, 4) is 11.3 Å². The van der Waals surface area contributed by atoms with Crippen LogP contribution < -0.4 is 4.80 Å². The van der Waals surface area contributed by atoms with Crippen LogP contribution in [0.5, 0.6) is 0 Å². The standard InChI is InChI=1S/C17H15BrN4S/c1-2-19-17-22(21-11-15-5-3-4-10-20-15)16(12-23-17)13-6-8-14(18)9-7-13/h3-12H,2H2,1H3/b19-17?,21-11-. The molecule has 3 rings (SSSR count). The molecule has 0 radical (unpaired) electrons. The number of benzene rings is 1. The second-order valence-electron chi connectivity index (χ2n) is 4.70. The molecule has 6 heteroatoms. The van der Waals surface area contributed by atoms with Gasteiger partial charge < -0.3 is 0 Å². The van der Waals surface area contributed by atoms with Gasteiger partial charge in [0.05, 0.1) is 17.6 Å². The summed E-state index contributed by atoms with van der Waals surface area (Å²) in [5, 5.41) is 6.66. The van der Waals surface area contributed by atoms with Crippen molar-refractivity contribution >= 4 is 33.5 Å². The maximum absolute atomic E-state index is 4.59. The number of rotatable bonds is 4. The van der Waals surface area contributed by atoms with E-state index in [2.05, 4.69) is 48.5 Å². The first-order valence-electron chi connectivity index (χ1n) is 7.20. The normalized spacial score (nSPS) is 12.2. The van der Waals surface area contributed by atoms with Crippen molar-refractivity contribution in [2.75, 3.05) is 6.54 Å². The Balaban J connectivity index is 2.06. The van der Waals surface area contributed by atoms with E-state index in [-0.39, 0.29) is 0 Å². The molecule has 0 saturated heterocycles. The average Bonchev–Trinajstić information content (AvgIpc) is 2.98. The zero-order valence-corrected chi connectivity index (χ0v) is 15.0. The van der Waals surface area contributed by atoms with Crippen LogP contribution >= 0.6 is 27.3 Å². The first-order chi connectivity index (χ1) is 11.3. The highest BCUT2D eigenvalue weighted by molar-refractivity contribution is 9.10. The van der Waals surface area contributed by atoms with Gasteiger partial charge in [-0.15, -0.1) is 11.3 Å². The van der Waals surface area contributed by atoms with Crippen molar-refractivity contribution in [3.05, 3.63) is 69.0 Å². The number of aromatic nitrogens is 2. The molecule has 0 spiro atoms. The fraction of sp³-hybridized carbons (Fsp3) is 0.118. The third-order valence-electron chi connectivity index (χ3n) is 3.11. The van der Waals surface area contributed by atoms with Crippen molar-refractivity contribution in [2.24, 2.45) is 10.1 Å². The molecule has 23 heavy (non-hydrogen) atoms. The van der Waals surface area contributed by atoms with Crippen LogP contribution in [0.1, 0.15) is 12.6 Å². The molecule has 0 fully saturated rings. The number of pyridine rings is 1. The molecule has 0 aliphatic heterocycles. The lowest BCUT2D eigenvalue weighted by atomic mass is 10.2. The summed E-state index contributed by atoms with van der Waals surface area (Å²) in [7, 11) is 0. The molecule has 4 nitrogen and oxygen atoms in total. The number of nitrogens with zero attached hydrogens (tertiary/aromatic N) is 4. The van der Waals surface area contributed by atoms with Crippen molar-refractivity contribution in [3.63, 3.8) is 0 Å². The minimum Gasteiger partial charge on any atom is -0.258 e. The van der Waals surface area contributed by atoms with Gasteiger partial charge in [-0.1, -0.05) is 34.1 Å². The molecular formula is C17H15BrN4S. The predicted molar refractivity (Wildman–Crippen MR) is 98.8 cm³/mol. The second-order valence-corrected chi connectivity index (χ2v) is 6.45. The molecule has 116 valence electrons. The zero-order chi connectivity index (χ0) is 16.1. The van der Waals surface area contributed by atoms with E-state index in [0.717, 1.165) is 32.8 Å². The average molecular weight is 387 g/mol. The summed E-state index contributed by atoms with van der Waals surface area (Å²) in [6.07, 6.45) is 3.51.